The first-order chi connectivity index (χ1) is 13.9. The van der Waals surface area contributed by atoms with Gasteiger partial charge in [0.25, 0.3) is 5.91 Å². The van der Waals surface area contributed by atoms with Crippen molar-refractivity contribution >= 4 is 17.7 Å². The number of hydrogen-bond acceptors (Lipinski definition) is 3. The summed E-state index contributed by atoms with van der Waals surface area (Å²) < 4.78 is 26.8. The molecule has 1 saturated heterocycles. The topological polar surface area (TPSA) is 78.5 Å². The molecule has 0 aromatic heterocycles. The van der Waals surface area contributed by atoms with Crippen molar-refractivity contribution in [1.82, 2.24) is 15.5 Å². The third-order valence-corrected chi connectivity index (χ3v) is 4.79. The van der Waals surface area contributed by atoms with Crippen molar-refractivity contribution in [3.8, 4) is 0 Å². The third kappa shape index (κ3) is 4.77. The molecule has 1 aliphatic heterocycles. The fraction of sp³-hybridized carbons (Fsp3) is 0.286. The summed E-state index contributed by atoms with van der Waals surface area (Å²) in [6.07, 6.45) is 1.35. The van der Waals surface area contributed by atoms with Crippen LogP contribution in [-0.4, -0.2) is 36.2 Å². The Kier molecular flexibility index (Phi) is 6.21. The molecule has 1 atom stereocenters. The molecular weight excluding hydrogens is 380 g/mol. The second kappa shape index (κ2) is 8.81. The second-order valence-electron chi connectivity index (χ2n) is 6.81. The fourth-order valence-electron chi connectivity index (χ4n) is 3.25. The van der Waals surface area contributed by atoms with Crippen molar-refractivity contribution in [3.05, 3.63) is 70.8 Å². The predicted octanol–water partition coefficient (Wildman–Crippen LogP) is 2.30. The van der Waals surface area contributed by atoms with E-state index in [1.165, 1.54) is 13.1 Å². The van der Waals surface area contributed by atoms with E-state index < -0.39 is 29.5 Å². The Morgan fingerprint density at radius 2 is 1.93 bits per heavy atom. The first-order valence-corrected chi connectivity index (χ1v) is 9.23. The van der Waals surface area contributed by atoms with Crippen molar-refractivity contribution < 1.29 is 23.2 Å². The van der Waals surface area contributed by atoms with Gasteiger partial charge in [-0.3, -0.25) is 14.4 Å². The van der Waals surface area contributed by atoms with Gasteiger partial charge in [-0.15, -0.1) is 0 Å². The highest BCUT2D eigenvalue weighted by Crippen LogP contribution is 2.19. The average molecular weight is 401 g/mol. The van der Waals surface area contributed by atoms with Crippen LogP contribution >= 0.6 is 0 Å². The molecule has 0 bridgehead atoms. The summed E-state index contributed by atoms with van der Waals surface area (Å²) in [6, 6.07) is 8.57. The molecule has 1 heterocycles. The molecule has 2 aromatic rings. The monoisotopic (exact) mass is 401 g/mol. The molecule has 1 unspecified atom stereocenters. The summed E-state index contributed by atoms with van der Waals surface area (Å²) in [7, 11) is 1.38. The second-order valence-corrected chi connectivity index (χ2v) is 6.81. The minimum absolute atomic E-state index is 0.0814. The van der Waals surface area contributed by atoms with Crippen LogP contribution in [0.3, 0.4) is 0 Å². The van der Waals surface area contributed by atoms with Gasteiger partial charge in [-0.1, -0.05) is 18.2 Å². The van der Waals surface area contributed by atoms with E-state index in [1.54, 1.807) is 23.1 Å². The standard InChI is InChI=1S/C21H21F2N3O3/c1-24-21(29)19(14-7-8-16(22)17(23)11-14)25-20(28)15-5-2-4-13(10-15)12-26-9-3-6-18(26)27/h2,4-5,7-8,10-11,19H,3,6,9,12H2,1H3,(H,24,29)(H,25,28). The maximum Gasteiger partial charge on any atom is 0.252 e. The van der Waals surface area contributed by atoms with Crippen molar-refractivity contribution in [1.29, 1.82) is 0 Å². The van der Waals surface area contributed by atoms with Gasteiger partial charge in [0, 0.05) is 32.1 Å². The minimum Gasteiger partial charge on any atom is -0.357 e. The van der Waals surface area contributed by atoms with Crippen molar-refractivity contribution in [2.24, 2.45) is 0 Å². The van der Waals surface area contributed by atoms with Gasteiger partial charge in [-0.05, 0) is 41.8 Å². The molecule has 0 spiro atoms. The smallest absolute Gasteiger partial charge is 0.252 e. The Balaban J connectivity index is 1.78. The molecule has 0 aliphatic carbocycles. The highest BCUT2D eigenvalue weighted by Gasteiger charge is 2.24. The summed E-state index contributed by atoms with van der Waals surface area (Å²) in [6.45, 7) is 1.09. The number of benzene rings is 2. The van der Waals surface area contributed by atoms with Crippen LogP contribution in [0.25, 0.3) is 0 Å². The van der Waals surface area contributed by atoms with Gasteiger partial charge in [-0.2, -0.15) is 0 Å². The first kappa shape index (κ1) is 20.4. The minimum atomic E-state index is -1.19. The Bertz CT molecular complexity index is 949. The molecule has 1 fully saturated rings. The Hall–Kier alpha value is -3.29. The first-order valence-electron chi connectivity index (χ1n) is 9.23. The SMILES string of the molecule is CNC(=O)C(NC(=O)c1cccc(CN2CCCC2=O)c1)c1ccc(F)c(F)c1. The van der Waals surface area contributed by atoms with Gasteiger partial charge in [0.15, 0.2) is 11.6 Å². The van der Waals surface area contributed by atoms with E-state index in [1.807, 2.05) is 6.07 Å². The highest BCUT2D eigenvalue weighted by molar-refractivity contribution is 5.98. The molecule has 29 heavy (non-hydrogen) atoms. The number of nitrogens with zero attached hydrogens (tertiary/aromatic N) is 1. The van der Waals surface area contributed by atoms with Crippen LogP contribution in [0.2, 0.25) is 0 Å². The van der Waals surface area contributed by atoms with Gasteiger partial charge < -0.3 is 15.5 Å². The summed E-state index contributed by atoms with van der Waals surface area (Å²) in [4.78, 5) is 38.5. The lowest BCUT2D eigenvalue weighted by Gasteiger charge is -2.19. The number of halogens is 2. The lowest BCUT2D eigenvalue weighted by atomic mass is 10.0. The molecule has 152 valence electrons. The number of amides is 3. The number of rotatable bonds is 6. The van der Waals surface area contributed by atoms with E-state index in [2.05, 4.69) is 10.6 Å². The van der Waals surface area contributed by atoms with E-state index in [9.17, 15) is 23.2 Å². The lowest BCUT2D eigenvalue weighted by molar-refractivity contribution is -0.128. The van der Waals surface area contributed by atoms with Gasteiger partial charge >= 0.3 is 0 Å². The zero-order valence-corrected chi connectivity index (χ0v) is 15.9. The number of carbonyl (C=O) groups excluding carboxylic acids is 3. The molecule has 2 aromatic carbocycles. The quantitative estimate of drug-likeness (QED) is 0.780. The number of nitrogens with one attached hydrogen (secondary N) is 2. The number of carbonyl (C=O) groups is 3. The zero-order valence-electron chi connectivity index (χ0n) is 15.9. The molecule has 0 saturated carbocycles. The fourth-order valence-corrected chi connectivity index (χ4v) is 3.25. The van der Waals surface area contributed by atoms with Crippen LogP contribution in [0.15, 0.2) is 42.5 Å². The number of likely N-dealkylation sites (tertiary alicyclic amines) is 1. The van der Waals surface area contributed by atoms with Crippen LogP contribution in [0.1, 0.15) is 40.4 Å². The van der Waals surface area contributed by atoms with Gasteiger partial charge in [0.05, 0.1) is 0 Å². The summed E-state index contributed by atoms with van der Waals surface area (Å²) in [5.74, 6) is -3.18. The van der Waals surface area contributed by atoms with Gasteiger partial charge in [0.2, 0.25) is 11.8 Å². The molecule has 2 N–H and O–H groups in total. The largest absolute Gasteiger partial charge is 0.357 e. The molecule has 3 rings (SSSR count). The summed E-state index contributed by atoms with van der Waals surface area (Å²) in [5.41, 5.74) is 1.21. The maximum atomic E-state index is 13.6. The Labute approximate surface area is 166 Å². The Morgan fingerprint density at radius 3 is 2.59 bits per heavy atom. The van der Waals surface area contributed by atoms with Crippen LogP contribution in [-0.2, 0) is 16.1 Å². The van der Waals surface area contributed by atoms with E-state index in [0.717, 1.165) is 24.1 Å². The normalized spacial score (nSPS) is 14.6. The van der Waals surface area contributed by atoms with E-state index in [4.69, 9.17) is 0 Å². The summed E-state index contributed by atoms with van der Waals surface area (Å²) >= 11 is 0. The van der Waals surface area contributed by atoms with Gasteiger partial charge in [-0.25, -0.2) is 8.78 Å². The predicted molar refractivity (Wildman–Crippen MR) is 102 cm³/mol. The molecule has 0 radical (unpaired) electrons. The van der Waals surface area contributed by atoms with Crippen molar-refractivity contribution in [2.45, 2.75) is 25.4 Å². The number of hydrogen-bond donors (Lipinski definition) is 2. The average Bonchev–Trinajstić information content (AvgIpc) is 3.12. The highest BCUT2D eigenvalue weighted by atomic mass is 19.2. The van der Waals surface area contributed by atoms with E-state index in [0.29, 0.717) is 25.1 Å². The Morgan fingerprint density at radius 1 is 1.14 bits per heavy atom. The van der Waals surface area contributed by atoms with Crippen LogP contribution in [0.4, 0.5) is 8.78 Å². The molecule has 3 amide bonds. The lowest BCUT2D eigenvalue weighted by Crippen LogP contribution is -2.39. The van der Waals surface area contributed by atoms with Crippen molar-refractivity contribution in [2.75, 3.05) is 13.6 Å². The van der Waals surface area contributed by atoms with E-state index in [-0.39, 0.29) is 11.5 Å². The van der Waals surface area contributed by atoms with E-state index >= 15 is 0 Å². The zero-order chi connectivity index (χ0) is 21.0. The number of likely N-dealkylation sites (N-methyl/N-ethyl adjacent to an activating group) is 1. The molecule has 8 heteroatoms. The maximum absolute atomic E-state index is 13.6. The van der Waals surface area contributed by atoms with Crippen LogP contribution < -0.4 is 10.6 Å². The van der Waals surface area contributed by atoms with Gasteiger partial charge in [0.1, 0.15) is 6.04 Å². The van der Waals surface area contributed by atoms with Crippen LogP contribution in [0.5, 0.6) is 0 Å². The molecule has 6 nitrogen and oxygen atoms in total. The van der Waals surface area contributed by atoms with Crippen LogP contribution in [0, 0.1) is 11.6 Å². The molecule has 1 aliphatic rings. The summed E-state index contributed by atoms with van der Waals surface area (Å²) in [5, 5.41) is 4.96. The molecular formula is C21H21F2N3O3. The third-order valence-electron chi connectivity index (χ3n) is 4.79. The van der Waals surface area contributed by atoms with Crippen molar-refractivity contribution in [3.63, 3.8) is 0 Å².